The Morgan fingerprint density at radius 1 is 1.33 bits per heavy atom. The summed E-state index contributed by atoms with van der Waals surface area (Å²) < 4.78 is 5.63. The average molecular weight is 503 g/mol. The Labute approximate surface area is 170 Å². The van der Waals surface area contributed by atoms with Crippen LogP contribution >= 0.6 is 31.9 Å². The molecule has 0 aromatic heterocycles. The van der Waals surface area contributed by atoms with Crippen molar-refractivity contribution in [2.24, 2.45) is 5.10 Å². The molecule has 0 aliphatic rings. The second-order valence-corrected chi connectivity index (χ2v) is 6.79. The van der Waals surface area contributed by atoms with Gasteiger partial charge in [0.05, 0.1) is 21.7 Å². The number of aromatic hydroxyl groups is 2. The molecule has 9 nitrogen and oxygen atoms in total. The van der Waals surface area contributed by atoms with Crippen LogP contribution in [-0.2, 0) is 4.79 Å². The summed E-state index contributed by atoms with van der Waals surface area (Å²) in [5, 5.41) is 34.3. The number of nitro groups is 1. The second kappa shape index (κ2) is 8.82. The lowest BCUT2D eigenvalue weighted by atomic mass is 10.1. The molecule has 0 heterocycles. The van der Waals surface area contributed by atoms with Crippen LogP contribution in [0.5, 0.6) is 17.2 Å². The van der Waals surface area contributed by atoms with Gasteiger partial charge in [-0.05, 0) is 50.4 Å². The number of rotatable bonds is 6. The first-order chi connectivity index (χ1) is 12.7. The summed E-state index contributed by atoms with van der Waals surface area (Å²) in [6.07, 6.45) is 1.21. The summed E-state index contributed by atoms with van der Waals surface area (Å²) in [7, 11) is 0. The molecule has 0 atom stereocenters. The van der Waals surface area contributed by atoms with Crippen molar-refractivity contribution in [2.75, 3.05) is 6.61 Å². The first kappa shape index (κ1) is 20.6. The van der Waals surface area contributed by atoms with E-state index in [4.69, 9.17) is 4.74 Å². The Bertz CT molecular complexity index is 904. The van der Waals surface area contributed by atoms with Gasteiger partial charge in [-0.25, -0.2) is 5.43 Å². The van der Waals surface area contributed by atoms with Gasteiger partial charge in [-0.3, -0.25) is 14.9 Å². The van der Waals surface area contributed by atoms with Crippen LogP contribution in [0.15, 0.2) is 38.3 Å². The number of hydrazone groups is 1. The number of non-ortho nitro benzene ring substituents is 1. The fourth-order valence-corrected chi connectivity index (χ4v) is 3.08. The normalized spacial score (nSPS) is 10.8. The van der Waals surface area contributed by atoms with Gasteiger partial charge < -0.3 is 14.9 Å². The summed E-state index contributed by atoms with van der Waals surface area (Å²) in [5.41, 5.74) is 2.86. The van der Waals surface area contributed by atoms with Crippen molar-refractivity contribution in [3.8, 4) is 17.2 Å². The van der Waals surface area contributed by atoms with Crippen molar-refractivity contribution >= 4 is 49.7 Å². The summed E-state index contributed by atoms with van der Waals surface area (Å²) in [5.74, 6) is -0.828. The highest BCUT2D eigenvalue weighted by Crippen LogP contribution is 2.43. The van der Waals surface area contributed by atoms with E-state index in [0.29, 0.717) is 10.0 Å². The molecule has 142 valence electrons. The highest BCUT2D eigenvalue weighted by Gasteiger charge is 2.17. The van der Waals surface area contributed by atoms with E-state index in [0.717, 1.165) is 0 Å². The quantitative estimate of drug-likeness (QED) is 0.315. The maximum atomic E-state index is 11.8. The van der Waals surface area contributed by atoms with E-state index in [1.807, 2.05) is 0 Å². The molecule has 11 heteroatoms. The highest BCUT2D eigenvalue weighted by molar-refractivity contribution is 9.11. The Kier molecular flexibility index (Phi) is 6.75. The fraction of sp³-hybridized carbons (Fsp3) is 0.125. The number of benzene rings is 2. The average Bonchev–Trinajstić information content (AvgIpc) is 2.66. The largest absolute Gasteiger partial charge is 0.506 e. The number of nitrogens with one attached hydrogen (secondary N) is 1. The number of phenols is 2. The van der Waals surface area contributed by atoms with Gasteiger partial charge in [0.1, 0.15) is 21.7 Å². The topological polar surface area (TPSA) is 134 Å². The molecular formula is C16H13Br2N3O6. The monoisotopic (exact) mass is 501 g/mol. The van der Waals surface area contributed by atoms with Crippen molar-refractivity contribution in [2.45, 2.75) is 6.92 Å². The van der Waals surface area contributed by atoms with E-state index in [1.165, 1.54) is 30.5 Å². The van der Waals surface area contributed by atoms with Gasteiger partial charge in [0.25, 0.3) is 11.6 Å². The first-order valence-corrected chi connectivity index (χ1v) is 8.89. The number of nitrogens with zero attached hydrogens (tertiary/aromatic N) is 2. The third kappa shape index (κ3) is 4.95. The number of hydrogen-bond donors (Lipinski definition) is 3. The number of phenolic OH excluding ortho intramolecular Hbond substituents is 2. The van der Waals surface area contributed by atoms with Crippen LogP contribution in [0.1, 0.15) is 11.1 Å². The van der Waals surface area contributed by atoms with E-state index < -0.39 is 17.4 Å². The van der Waals surface area contributed by atoms with Crippen LogP contribution < -0.4 is 10.2 Å². The summed E-state index contributed by atoms with van der Waals surface area (Å²) in [6, 6.07) is 5.43. The predicted octanol–water partition coefficient (Wildman–Crippen LogP) is 3.37. The lowest BCUT2D eigenvalue weighted by Gasteiger charge is -2.11. The lowest BCUT2D eigenvalue weighted by Crippen LogP contribution is -2.24. The van der Waals surface area contributed by atoms with Crippen LogP contribution in [0.3, 0.4) is 0 Å². The van der Waals surface area contributed by atoms with Gasteiger partial charge >= 0.3 is 0 Å². The Morgan fingerprint density at radius 2 is 2.04 bits per heavy atom. The second-order valence-electron chi connectivity index (χ2n) is 5.20. The molecule has 0 fully saturated rings. The minimum absolute atomic E-state index is 0.0850. The zero-order valence-electron chi connectivity index (χ0n) is 13.8. The van der Waals surface area contributed by atoms with Crippen molar-refractivity contribution in [1.29, 1.82) is 0 Å². The van der Waals surface area contributed by atoms with Crippen LogP contribution in [0.4, 0.5) is 5.69 Å². The van der Waals surface area contributed by atoms with Gasteiger partial charge in [-0.15, -0.1) is 0 Å². The molecule has 3 N–H and O–H groups in total. The Balaban J connectivity index is 2.00. The maximum Gasteiger partial charge on any atom is 0.277 e. The molecule has 0 unspecified atom stereocenters. The zero-order valence-corrected chi connectivity index (χ0v) is 16.9. The van der Waals surface area contributed by atoms with E-state index in [9.17, 15) is 25.1 Å². The van der Waals surface area contributed by atoms with E-state index in [2.05, 4.69) is 42.4 Å². The molecule has 0 saturated heterocycles. The Morgan fingerprint density at radius 3 is 2.70 bits per heavy atom. The smallest absolute Gasteiger partial charge is 0.277 e. The van der Waals surface area contributed by atoms with Crippen molar-refractivity contribution in [3.63, 3.8) is 0 Å². The molecule has 2 rings (SSSR count). The number of amides is 1. The third-order valence-corrected chi connectivity index (χ3v) is 5.11. The highest BCUT2D eigenvalue weighted by atomic mass is 79.9. The van der Waals surface area contributed by atoms with Crippen LogP contribution in [-0.4, -0.2) is 33.9 Å². The van der Waals surface area contributed by atoms with Crippen molar-refractivity contribution in [1.82, 2.24) is 5.43 Å². The molecule has 27 heavy (non-hydrogen) atoms. The Hall–Kier alpha value is -2.66. The summed E-state index contributed by atoms with van der Waals surface area (Å²) in [4.78, 5) is 21.9. The molecule has 0 aliphatic heterocycles. The van der Waals surface area contributed by atoms with E-state index >= 15 is 0 Å². The fourth-order valence-electron chi connectivity index (χ4n) is 1.99. The molecule has 0 radical (unpaired) electrons. The molecular weight excluding hydrogens is 490 g/mol. The number of carbonyl (C=O) groups excluding carboxylic acids is 1. The SMILES string of the molecule is Cc1c(Br)c(O)c(Br)c(O)c1/C=N/NC(=O)COc1cccc([N+](=O)[O-])c1. The molecule has 2 aromatic carbocycles. The van der Waals surface area contributed by atoms with Crippen molar-refractivity contribution < 1.29 is 24.7 Å². The lowest BCUT2D eigenvalue weighted by molar-refractivity contribution is -0.384. The number of hydrogen-bond acceptors (Lipinski definition) is 7. The summed E-state index contributed by atoms with van der Waals surface area (Å²) >= 11 is 6.25. The van der Waals surface area contributed by atoms with Gasteiger partial charge in [0.15, 0.2) is 6.61 Å². The minimum Gasteiger partial charge on any atom is -0.506 e. The molecule has 0 aliphatic carbocycles. The van der Waals surface area contributed by atoms with Gasteiger partial charge in [0, 0.05) is 11.6 Å². The summed E-state index contributed by atoms with van der Waals surface area (Å²) in [6.45, 7) is 1.23. The van der Waals surface area contributed by atoms with E-state index in [-0.39, 0.29) is 33.0 Å². The molecule has 0 bridgehead atoms. The van der Waals surface area contributed by atoms with Crippen LogP contribution in [0.25, 0.3) is 0 Å². The van der Waals surface area contributed by atoms with E-state index in [1.54, 1.807) is 6.92 Å². The number of nitro benzene ring substituents is 1. The van der Waals surface area contributed by atoms with Crippen molar-refractivity contribution in [3.05, 3.63) is 54.5 Å². The molecule has 0 spiro atoms. The van der Waals surface area contributed by atoms with Crippen LogP contribution in [0, 0.1) is 17.0 Å². The molecule has 0 saturated carbocycles. The maximum absolute atomic E-state index is 11.8. The zero-order chi connectivity index (χ0) is 20.1. The predicted molar refractivity (Wildman–Crippen MR) is 104 cm³/mol. The van der Waals surface area contributed by atoms with Crippen LogP contribution in [0.2, 0.25) is 0 Å². The molecule has 2 aromatic rings. The molecule has 1 amide bonds. The van der Waals surface area contributed by atoms with Gasteiger partial charge in [-0.2, -0.15) is 5.10 Å². The van der Waals surface area contributed by atoms with Gasteiger partial charge in [-0.1, -0.05) is 6.07 Å². The standard InChI is InChI=1S/C16H13Br2N3O6/c1-8-11(15(23)14(18)16(24)13(8)17)6-19-20-12(22)7-27-10-4-2-3-9(5-10)21(25)26/h2-6,23-24H,7H2,1H3,(H,20,22)/b19-6+. The number of halogens is 2. The number of carbonyl (C=O) groups is 1. The number of ether oxygens (including phenoxy) is 1. The minimum atomic E-state index is -0.605. The first-order valence-electron chi connectivity index (χ1n) is 7.31. The third-order valence-electron chi connectivity index (χ3n) is 3.39. The van der Waals surface area contributed by atoms with Gasteiger partial charge in [0.2, 0.25) is 0 Å².